The van der Waals surface area contributed by atoms with E-state index in [-0.39, 0.29) is 6.10 Å². The molecule has 4 N–H and O–H groups in total. The van der Waals surface area contributed by atoms with Gasteiger partial charge < -0.3 is 15.6 Å². The molecule has 0 aliphatic carbocycles. The van der Waals surface area contributed by atoms with Crippen molar-refractivity contribution in [3.05, 3.63) is 35.9 Å². The molecule has 84 valence electrons. The minimum Gasteiger partial charge on any atom is -0.385 e. The second kappa shape index (κ2) is 6.56. The third kappa shape index (κ3) is 4.00. The number of benzene rings is 1. The lowest BCUT2D eigenvalue weighted by Crippen LogP contribution is -2.56. The first kappa shape index (κ1) is 12.2. The van der Waals surface area contributed by atoms with Gasteiger partial charge >= 0.3 is 0 Å². The second-order valence-corrected chi connectivity index (χ2v) is 3.58. The molecule has 0 amide bonds. The highest BCUT2D eigenvalue weighted by molar-refractivity contribution is 5.17. The van der Waals surface area contributed by atoms with Crippen molar-refractivity contribution in [2.75, 3.05) is 13.2 Å². The Labute approximate surface area is 90.9 Å². The lowest BCUT2D eigenvalue weighted by Gasteiger charge is -2.17. The van der Waals surface area contributed by atoms with Crippen LogP contribution in [-0.4, -0.2) is 24.4 Å². The Hall–Kier alpha value is -0.900. The van der Waals surface area contributed by atoms with Crippen molar-refractivity contribution in [3.63, 3.8) is 0 Å². The normalized spacial score (nSPS) is 14.9. The molecule has 3 heteroatoms. The molecular formula is C12H20NO2+. The maximum Gasteiger partial charge on any atom is 0.126 e. The molecule has 0 bridgehead atoms. The van der Waals surface area contributed by atoms with Gasteiger partial charge in [-0.1, -0.05) is 37.3 Å². The highest BCUT2D eigenvalue weighted by Crippen LogP contribution is 2.20. The van der Waals surface area contributed by atoms with Gasteiger partial charge in [0, 0.05) is 0 Å². The highest BCUT2D eigenvalue weighted by atomic mass is 16.5. The van der Waals surface area contributed by atoms with Crippen LogP contribution in [0.5, 0.6) is 0 Å². The number of hydrogen-bond acceptors (Lipinski definition) is 2. The quantitative estimate of drug-likeness (QED) is 0.728. The van der Waals surface area contributed by atoms with Crippen LogP contribution in [0.1, 0.15) is 25.0 Å². The molecule has 0 radical (unpaired) electrons. The van der Waals surface area contributed by atoms with Crippen molar-refractivity contribution >= 4 is 0 Å². The van der Waals surface area contributed by atoms with Gasteiger partial charge in [-0.25, -0.2) is 0 Å². The molecule has 0 saturated heterocycles. The highest BCUT2D eigenvalue weighted by Gasteiger charge is 2.11. The maximum atomic E-state index is 9.36. The smallest absolute Gasteiger partial charge is 0.126 e. The lowest BCUT2D eigenvalue weighted by atomic mass is 10.1. The summed E-state index contributed by atoms with van der Waals surface area (Å²) in [5.41, 5.74) is 4.80. The van der Waals surface area contributed by atoms with Crippen LogP contribution in [0.3, 0.4) is 0 Å². The molecule has 0 unspecified atom stereocenters. The summed E-state index contributed by atoms with van der Waals surface area (Å²) < 4.78 is 5.64. The summed E-state index contributed by atoms with van der Waals surface area (Å²) in [6.07, 6.45) is 0.531. The summed E-state index contributed by atoms with van der Waals surface area (Å²) in [6, 6.07) is 10.1. The monoisotopic (exact) mass is 210 g/mol. The molecule has 3 nitrogen and oxygen atoms in total. The largest absolute Gasteiger partial charge is 0.385 e. The molecule has 15 heavy (non-hydrogen) atoms. The predicted octanol–water partition coefficient (Wildman–Crippen LogP) is 0.757. The minimum atomic E-state index is -0.456. The molecule has 0 fully saturated rings. The van der Waals surface area contributed by atoms with E-state index in [4.69, 9.17) is 4.74 Å². The molecule has 0 saturated carbocycles. The second-order valence-electron chi connectivity index (χ2n) is 3.58. The topological polar surface area (TPSA) is 57.1 Å². The van der Waals surface area contributed by atoms with E-state index in [1.165, 1.54) is 0 Å². The Bertz CT molecular complexity index is 264. The standard InChI is InChI=1S/C12H19NO2/c1-2-12(15-9-11(14)8-13)10-6-4-3-5-7-10/h3-7,11-12,14H,2,8-9,13H2,1H3/p+1/t11-,12+/m0/s1. The van der Waals surface area contributed by atoms with Gasteiger partial charge in [0.1, 0.15) is 12.6 Å². The van der Waals surface area contributed by atoms with Gasteiger partial charge in [0.15, 0.2) is 0 Å². The van der Waals surface area contributed by atoms with Crippen molar-refractivity contribution in [2.45, 2.75) is 25.6 Å². The first-order chi connectivity index (χ1) is 7.27. The summed E-state index contributed by atoms with van der Waals surface area (Å²) in [7, 11) is 0. The van der Waals surface area contributed by atoms with Gasteiger partial charge in [-0.15, -0.1) is 0 Å². The van der Waals surface area contributed by atoms with Gasteiger partial charge in [-0.05, 0) is 12.0 Å². The van der Waals surface area contributed by atoms with Crippen LogP contribution in [0.2, 0.25) is 0 Å². The average molecular weight is 210 g/mol. The number of aliphatic hydroxyl groups is 1. The Morgan fingerprint density at radius 2 is 2.00 bits per heavy atom. The van der Waals surface area contributed by atoms with E-state index in [9.17, 15) is 5.11 Å². The van der Waals surface area contributed by atoms with Gasteiger partial charge in [-0.2, -0.15) is 0 Å². The Balaban J connectivity index is 2.50. The summed E-state index contributed by atoms with van der Waals surface area (Å²) >= 11 is 0. The molecule has 0 aliphatic rings. The average Bonchev–Trinajstić information content (AvgIpc) is 2.31. The lowest BCUT2D eigenvalue weighted by molar-refractivity contribution is -0.386. The molecule has 0 heterocycles. The molecule has 0 aliphatic heterocycles. The van der Waals surface area contributed by atoms with Gasteiger partial charge in [0.25, 0.3) is 0 Å². The number of aliphatic hydroxyl groups excluding tert-OH is 1. The van der Waals surface area contributed by atoms with Crippen LogP contribution in [0.15, 0.2) is 30.3 Å². The SMILES string of the molecule is CC[C@@H](OC[C@@H](O)C[NH3+])c1ccccc1. The van der Waals surface area contributed by atoms with E-state index in [1.807, 2.05) is 30.3 Å². The summed E-state index contributed by atoms with van der Waals surface area (Å²) in [5.74, 6) is 0. The zero-order valence-electron chi connectivity index (χ0n) is 9.23. The fourth-order valence-corrected chi connectivity index (χ4v) is 1.43. The van der Waals surface area contributed by atoms with Crippen LogP contribution in [0.25, 0.3) is 0 Å². The Morgan fingerprint density at radius 3 is 2.53 bits per heavy atom. The van der Waals surface area contributed by atoms with Crippen molar-refractivity contribution in [3.8, 4) is 0 Å². The zero-order valence-corrected chi connectivity index (χ0v) is 9.23. The predicted molar refractivity (Wildman–Crippen MR) is 59.2 cm³/mol. The van der Waals surface area contributed by atoms with E-state index in [1.54, 1.807) is 0 Å². The number of ether oxygens (including phenoxy) is 1. The van der Waals surface area contributed by atoms with E-state index >= 15 is 0 Å². The van der Waals surface area contributed by atoms with Crippen molar-refractivity contribution in [1.82, 2.24) is 0 Å². The summed E-state index contributed by atoms with van der Waals surface area (Å²) in [4.78, 5) is 0. The molecular weight excluding hydrogens is 190 g/mol. The van der Waals surface area contributed by atoms with E-state index in [0.29, 0.717) is 13.2 Å². The fraction of sp³-hybridized carbons (Fsp3) is 0.500. The van der Waals surface area contributed by atoms with Crippen LogP contribution < -0.4 is 5.73 Å². The first-order valence-corrected chi connectivity index (χ1v) is 5.41. The fourth-order valence-electron chi connectivity index (χ4n) is 1.43. The number of hydrogen-bond donors (Lipinski definition) is 2. The molecule has 1 aromatic rings. The molecule has 0 aromatic heterocycles. The van der Waals surface area contributed by atoms with Crippen molar-refractivity contribution in [1.29, 1.82) is 0 Å². The number of quaternary nitrogens is 1. The molecule has 1 rings (SSSR count). The Morgan fingerprint density at radius 1 is 1.33 bits per heavy atom. The van der Waals surface area contributed by atoms with Crippen LogP contribution in [0.4, 0.5) is 0 Å². The first-order valence-electron chi connectivity index (χ1n) is 5.41. The molecule has 0 spiro atoms. The molecule has 2 atom stereocenters. The van der Waals surface area contributed by atoms with Gasteiger partial charge in [0.2, 0.25) is 0 Å². The summed E-state index contributed by atoms with van der Waals surface area (Å²) in [6.45, 7) is 2.93. The zero-order chi connectivity index (χ0) is 11.1. The third-order valence-electron chi connectivity index (χ3n) is 2.37. The van der Waals surface area contributed by atoms with Gasteiger partial charge in [0.05, 0.1) is 12.7 Å². The van der Waals surface area contributed by atoms with E-state index < -0.39 is 6.10 Å². The van der Waals surface area contributed by atoms with Crippen LogP contribution in [0, 0.1) is 0 Å². The van der Waals surface area contributed by atoms with E-state index in [0.717, 1.165) is 12.0 Å². The molecule has 1 aromatic carbocycles. The van der Waals surface area contributed by atoms with Crippen molar-refractivity contribution in [2.24, 2.45) is 0 Å². The minimum absolute atomic E-state index is 0.0763. The number of rotatable bonds is 6. The summed E-state index contributed by atoms with van der Waals surface area (Å²) in [5, 5.41) is 9.36. The van der Waals surface area contributed by atoms with Gasteiger partial charge in [-0.3, -0.25) is 0 Å². The van der Waals surface area contributed by atoms with Crippen LogP contribution in [-0.2, 0) is 4.74 Å². The maximum absolute atomic E-state index is 9.36. The van der Waals surface area contributed by atoms with Crippen molar-refractivity contribution < 1.29 is 15.6 Å². The van der Waals surface area contributed by atoms with Crippen LogP contribution >= 0.6 is 0 Å². The van der Waals surface area contributed by atoms with E-state index in [2.05, 4.69) is 12.7 Å². The third-order valence-corrected chi connectivity index (χ3v) is 2.37. The Kier molecular flexibility index (Phi) is 5.32.